The third-order valence-corrected chi connectivity index (χ3v) is 4.18. The van der Waals surface area contributed by atoms with Crippen LogP contribution in [0.2, 0.25) is 0 Å². The molecule has 0 spiro atoms. The van der Waals surface area contributed by atoms with Crippen LogP contribution in [0.3, 0.4) is 0 Å². The summed E-state index contributed by atoms with van der Waals surface area (Å²) in [7, 11) is 0. The number of hydrogen-bond acceptors (Lipinski definition) is 3. The molecule has 0 aromatic carbocycles. The predicted molar refractivity (Wildman–Crippen MR) is 85.0 cm³/mol. The first-order valence-electron chi connectivity index (χ1n) is 8.10. The lowest BCUT2D eigenvalue weighted by atomic mass is 10.1. The van der Waals surface area contributed by atoms with Gasteiger partial charge in [-0.25, -0.2) is 0 Å². The van der Waals surface area contributed by atoms with Gasteiger partial charge in [0, 0.05) is 19.2 Å². The van der Waals surface area contributed by atoms with Crippen molar-refractivity contribution >= 4 is 11.8 Å². The van der Waals surface area contributed by atoms with Gasteiger partial charge in [0.25, 0.3) is 0 Å². The minimum Gasteiger partial charge on any atom is -0.349 e. The Balaban J connectivity index is 1.87. The molecule has 1 aliphatic carbocycles. The van der Waals surface area contributed by atoms with Gasteiger partial charge in [-0.3, -0.25) is 14.6 Å². The van der Waals surface area contributed by atoms with Crippen molar-refractivity contribution < 1.29 is 9.59 Å². The van der Waals surface area contributed by atoms with E-state index in [1.54, 1.807) is 18.0 Å². The average Bonchev–Trinajstić information content (AvgIpc) is 2.80. The number of nitrogens with zero attached hydrogens (tertiary/aromatic N) is 2. The highest BCUT2D eigenvalue weighted by Crippen LogP contribution is 2.21. The molecule has 22 heavy (non-hydrogen) atoms. The molecule has 1 aromatic rings. The lowest BCUT2D eigenvalue weighted by molar-refractivity contribution is -0.136. The maximum atomic E-state index is 12.1. The van der Waals surface area contributed by atoms with Crippen LogP contribution in [0.5, 0.6) is 0 Å². The van der Waals surface area contributed by atoms with Crippen LogP contribution in [-0.2, 0) is 16.1 Å². The highest BCUT2D eigenvalue weighted by atomic mass is 16.2. The Hall–Kier alpha value is -1.91. The van der Waals surface area contributed by atoms with E-state index in [0.717, 1.165) is 31.4 Å². The number of hydrogen-bond donors (Lipinski definition) is 1. The molecule has 0 unspecified atom stereocenters. The Morgan fingerprint density at radius 3 is 2.55 bits per heavy atom. The zero-order valence-corrected chi connectivity index (χ0v) is 13.3. The van der Waals surface area contributed by atoms with Crippen LogP contribution in [0.1, 0.15) is 51.1 Å². The molecule has 120 valence electrons. The van der Waals surface area contributed by atoms with Crippen molar-refractivity contribution in [1.82, 2.24) is 15.2 Å². The van der Waals surface area contributed by atoms with Crippen LogP contribution in [0.4, 0.5) is 0 Å². The summed E-state index contributed by atoms with van der Waals surface area (Å²) in [4.78, 5) is 29.9. The second-order valence-corrected chi connectivity index (χ2v) is 5.89. The largest absolute Gasteiger partial charge is 0.349 e. The third-order valence-electron chi connectivity index (χ3n) is 4.18. The number of pyridine rings is 1. The summed E-state index contributed by atoms with van der Waals surface area (Å²) < 4.78 is 0. The zero-order chi connectivity index (χ0) is 15.8. The summed E-state index contributed by atoms with van der Waals surface area (Å²) in [5.74, 6) is -0.134. The van der Waals surface area contributed by atoms with Crippen molar-refractivity contribution in [3.63, 3.8) is 0 Å². The van der Waals surface area contributed by atoms with Gasteiger partial charge >= 0.3 is 0 Å². The topological polar surface area (TPSA) is 62.3 Å². The fourth-order valence-electron chi connectivity index (χ4n) is 2.97. The molecule has 1 N–H and O–H groups in total. The van der Waals surface area contributed by atoms with Gasteiger partial charge in [0.2, 0.25) is 11.8 Å². The van der Waals surface area contributed by atoms with Gasteiger partial charge < -0.3 is 10.2 Å². The van der Waals surface area contributed by atoms with Gasteiger partial charge in [-0.1, -0.05) is 31.7 Å². The second kappa shape index (κ2) is 8.51. The van der Waals surface area contributed by atoms with Crippen molar-refractivity contribution in [2.75, 3.05) is 6.54 Å². The van der Waals surface area contributed by atoms with Crippen molar-refractivity contribution in [3.05, 3.63) is 30.1 Å². The normalized spacial score (nSPS) is 15.9. The first-order valence-corrected chi connectivity index (χ1v) is 8.10. The molecule has 2 amide bonds. The molecular formula is C17H25N3O2. The summed E-state index contributed by atoms with van der Waals surface area (Å²) in [5.41, 5.74) is 0.819. The van der Waals surface area contributed by atoms with Crippen LogP contribution < -0.4 is 5.32 Å². The molecule has 0 radical (unpaired) electrons. The van der Waals surface area contributed by atoms with E-state index in [1.165, 1.54) is 12.8 Å². The van der Waals surface area contributed by atoms with Gasteiger partial charge in [-0.05, 0) is 25.0 Å². The fourth-order valence-corrected chi connectivity index (χ4v) is 2.97. The van der Waals surface area contributed by atoms with Gasteiger partial charge in [0.05, 0.1) is 18.8 Å². The molecule has 1 aliphatic rings. The van der Waals surface area contributed by atoms with Crippen LogP contribution in [0.25, 0.3) is 0 Å². The van der Waals surface area contributed by atoms with Crippen LogP contribution in [0.15, 0.2) is 24.4 Å². The van der Waals surface area contributed by atoms with E-state index in [9.17, 15) is 9.59 Å². The molecule has 2 rings (SSSR count). The molecule has 1 aromatic heterocycles. The van der Waals surface area contributed by atoms with E-state index in [1.807, 2.05) is 18.2 Å². The van der Waals surface area contributed by atoms with Gasteiger partial charge in [-0.2, -0.15) is 0 Å². The summed E-state index contributed by atoms with van der Waals surface area (Å²) in [6, 6.07) is 5.81. The SMILES string of the molecule is CC(=O)N(CC(=O)NCc1ccccn1)C1CCCCCC1. The van der Waals surface area contributed by atoms with Gasteiger partial charge in [0.15, 0.2) is 0 Å². The van der Waals surface area contributed by atoms with E-state index < -0.39 is 0 Å². The predicted octanol–water partition coefficient (Wildman–Crippen LogP) is 2.27. The standard InChI is InChI=1S/C17H25N3O2/c1-14(21)20(16-9-4-2-3-5-10-16)13-17(22)19-12-15-8-6-7-11-18-15/h6-8,11,16H,2-5,9-10,12-13H2,1H3,(H,19,22). The van der Waals surface area contributed by atoms with E-state index in [0.29, 0.717) is 6.54 Å². The first kappa shape index (κ1) is 16.5. The minimum absolute atomic E-state index is 0.0140. The maximum Gasteiger partial charge on any atom is 0.239 e. The molecule has 1 heterocycles. The third kappa shape index (κ3) is 5.13. The van der Waals surface area contributed by atoms with E-state index in [2.05, 4.69) is 10.3 Å². The minimum atomic E-state index is -0.120. The van der Waals surface area contributed by atoms with Gasteiger partial charge in [-0.15, -0.1) is 0 Å². The Bertz CT molecular complexity index is 482. The first-order chi connectivity index (χ1) is 10.7. The lowest BCUT2D eigenvalue weighted by Gasteiger charge is -2.29. The summed E-state index contributed by atoms with van der Waals surface area (Å²) in [6.45, 7) is 2.10. The van der Waals surface area contributed by atoms with Crippen molar-refractivity contribution in [2.45, 2.75) is 58.0 Å². The highest BCUT2D eigenvalue weighted by molar-refractivity contribution is 5.83. The molecule has 0 aliphatic heterocycles. The Labute approximate surface area is 132 Å². The van der Waals surface area contributed by atoms with Crippen molar-refractivity contribution in [3.8, 4) is 0 Å². The zero-order valence-electron chi connectivity index (χ0n) is 13.3. The van der Waals surface area contributed by atoms with Crippen molar-refractivity contribution in [2.24, 2.45) is 0 Å². The number of carbonyl (C=O) groups is 2. The van der Waals surface area contributed by atoms with Crippen LogP contribution in [-0.4, -0.2) is 34.3 Å². The van der Waals surface area contributed by atoms with Crippen LogP contribution >= 0.6 is 0 Å². The van der Waals surface area contributed by atoms with E-state index in [4.69, 9.17) is 0 Å². The Morgan fingerprint density at radius 1 is 1.23 bits per heavy atom. The summed E-state index contributed by atoms with van der Waals surface area (Å²) >= 11 is 0. The molecular weight excluding hydrogens is 278 g/mol. The number of nitrogens with one attached hydrogen (secondary N) is 1. The molecule has 1 saturated carbocycles. The molecule has 0 saturated heterocycles. The molecule has 5 heteroatoms. The number of aromatic nitrogens is 1. The second-order valence-electron chi connectivity index (χ2n) is 5.89. The molecule has 0 atom stereocenters. The maximum absolute atomic E-state index is 12.1. The quantitative estimate of drug-likeness (QED) is 0.849. The number of carbonyl (C=O) groups excluding carboxylic acids is 2. The van der Waals surface area contributed by atoms with Crippen LogP contribution in [0, 0.1) is 0 Å². The summed E-state index contributed by atoms with van der Waals surface area (Å²) in [6.07, 6.45) is 8.46. The number of amides is 2. The lowest BCUT2D eigenvalue weighted by Crippen LogP contribution is -2.45. The van der Waals surface area contributed by atoms with Crippen molar-refractivity contribution in [1.29, 1.82) is 0 Å². The molecule has 0 bridgehead atoms. The smallest absolute Gasteiger partial charge is 0.239 e. The van der Waals surface area contributed by atoms with E-state index in [-0.39, 0.29) is 24.4 Å². The highest BCUT2D eigenvalue weighted by Gasteiger charge is 2.24. The Kier molecular flexibility index (Phi) is 6.37. The number of rotatable bonds is 5. The summed E-state index contributed by atoms with van der Waals surface area (Å²) in [5, 5.41) is 2.84. The average molecular weight is 303 g/mol. The fraction of sp³-hybridized carbons (Fsp3) is 0.588. The molecule has 1 fully saturated rings. The monoisotopic (exact) mass is 303 g/mol. The van der Waals surface area contributed by atoms with E-state index >= 15 is 0 Å². The Morgan fingerprint density at radius 2 is 1.95 bits per heavy atom. The van der Waals surface area contributed by atoms with Gasteiger partial charge in [0.1, 0.15) is 0 Å². The molecule has 5 nitrogen and oxygen atoms in total.